The van der Waals surface area contributed by atoms with E-state index in [0.717, 1.165) is 25.7 Å². The topological polar surface area (TPSA) is 85.3 Å². The van der Waals surface area contributed by atoms with Crippen LogP contribution in [0, 0.1) is 0 Å². The Morgan fingerprint density at radius 2 is 2.16 bits per heavy atom. The lowest BCUT2D eigenvalue weighted by Crippen LogP contribution is -2.40. The van der Waals surface area contributed by atoms with E-state index in [2.05, 4.69) is 15.4 Å². The van der Waals surface area contributed by atoms with E-state index in [4.69, 9.17) is 5.73 Å². The maximum atomic E-state index is 12.1. The summed E-state index contributed by atoms with van der Waals surface area (Å²) in [6.07, 6.45) is 7.14. The molecule has 100 valence electrons. The van der Waals surface area contributed by atoms with E-state index in [-0.39, 0.29) is 18.0 Å². The standard InChI is InChI=1S/C13H17N5O/c14-9-3-5-10(6-4-9)16-13(19)11-8-18-12(17-11)2-1-7-15-18/h1-2,7-10H,3-6,14H2,(H,16,19). The highest BCUT2D eigenvalue weighted by molar-refractivity contribution is 5.93. The second-order valence-electron chi connectivity index (χ2n) is 5.04. The number of carbonyl (C=O) groups is 1. The molecule has 1 fully saturated rings. The number of imidazole rings is 1. The zero-order chi connectivity index (χ0) is 13.2. The molecular formula is C13H17N5O. The average Bonchev–Trinajstić information content (AvgIpc) is 2.85. The van der Waals surface area contributed by atoms with Crippen molar-refractivity contribution in [2.24, 2.45) is 5.73 Å². The first-order valence-corrected chi connectivity index (χ1v) is 6.59. The summed E-state index contributed by atoms with van der Waals surface area (Å²) in [7, 11) is 0. The molecule has 0 spiro atoms. The summed E-state index contributed by atoms with van der Waals surface area (Å²) in [5.74, 6) is -0.133. The molecule has 3 rings (SSSR count). The van der Waals surface area contributed by atoms with E-state index in [1.807, 2.05) is 6.07 Å². The number of aromatic nitrogens is 3. The Morgan fingerprint density at radius 1 is 1.37 bits per heavy atom. The van der Waals surface area contributed by atoms with E-state index in [9.17, 15) is 4.79 Å². The smallest absolute Gasteiger partial charge is 0.271 e. The van der Waals surface area contributed by atoms with Gasteiger partial charge in [0.1, 0.15) is 5.69 Å². The van der Waals surface area contributed by atoms with Gasteiger partial charge in [-0.2, -0.15) is 5.10 Å². The quantitative estimate of drug-likeness (QED) is 0.832. The summed E-state index contributed by atoms with van der Waals surface area (Å²) in [6.45, 7) is 0. The molecule has 3 N–H and O–H groups in total. The van der Waals surface area contributed by atoms with Crippen molar-refractivity contribution in [3.63, 3.8) is 0 Å². The van der Waals surface area contributed by atoms with Crippen LogP contribution in [0.15, 0.2) is 24.5 Å². The van der Waals surface area contributed by atoms with Crippen LogP contribution in [0.4, 0.5) is 0 Å². The molecule has 0 saturated heterocycles. The van der Waals surface area contributed by atoms with Crippen LogP contribution in [0.5, 0.6) is 0 Å². The molecule has 19 heavy (non-hydrogen) atoms. The van der Waals surface area contributed by atoms with E-state index >= 15 is 0 Å². The molecule has 0 radical (unpaired) electrons. The number of amides is 1. The molecule has 1 amide bonds. The van der Waals surface area contributed by atoms with Gasteiger partial charge in [0.25, 0.3) is 5.91 Å². The van der Waals surface area contributed by atoms with Crippen molar-refractivity contribution in [3.8, 4) is 0 Å². The second kappa shape index (κ2) is 4.97. The minimum atomic E-state index is -0.133. The summed E-state index contributed by atoms with van der Waals surface area (Å²) < 4.78 is 1.60. The molecule has 2 aromatic rings. The number of hydrogen-bond donors (Lipinski definition) is 2. The van der Waals surface area contributed by atoms with Crippen LogP contribution in [-0.4, -0.2) is 32.6 Å². The molecule has 0 unspecified atom stereocenters. The second-order valence-corrected chi connectivity index (χ2v) is 5.04. The first kappa shape index (κ1) is 12.1. The maximum Gasteiger partial charge on any atom is 0.271 e. The Balaban J connectivity index is 1.70. The van der Waals surface area contributed by atoms with Crippen LogP contribution in [0.3, 0.4) is 0 Å². The highest BCUT2D eigenvalue weighted by atomic mass is 16.2. The summed E-state index contributed by atoms with van der Waals surface area (Å²) in [5, 5.41) is 7.12. The number of nitrogens with zero attached hydrogens (tertiary/aromatic N) is 3. The predicted octanol–water partition coefficient (Wildman–Crippen LogP) is 0.729. The Morgan fingerprint density at radius 3 is 2.89 bits per heavy atom. The lowest BCUT2D eigenvalue weighted by atomic mass is 9.92. The number of hydrogen-bond acceptors (Lipinski definition) is 4. The van der Waals surface area contributed by atoms with Gasteiger partial charge in [-0.15, -0.1) is 0 Å². The van der Waals surface area contributed by atoms with Crippen molar-refractivity contribution in [2.75, 3.05) is 0 Å². The van der Waals surface area contributed by atoms with Crippen molar-refractivity contribution in [3.05, 3.63) is 30.2 Å². The summed E-state index contributed by atoms with van der Waals surface area (Å²) >= 11 is 0. The fourth-order valence-electron chi connectivity index (χ4n) is 2.46. The third-order valence-electron chi connectivity index (χ3n) is 3.58. The molecule has 0 aromatic carbocycles. The van der Waals surface area contributed by atoms with Crippen molar-refractivity contribution in [1.82, 2.24) is 19.9 Å². The molecule has 1 aliphatic carbocycles. The average molecular weight is 259 g/mol. The minimum absolute atomic E-state index is 0.133. The van der Waals surface area contributed by atoms with Crippen LogP contribution >= 0.6 is 0 Å². The summed E-state index contributed by atoms with van der Waals surface area (Å²) in [6, 6.07) is 4.12. The number of rotatable bonds is 2. The molecule has 0 atom stereocenters. The number of nitrogens with one attached hydrogen (secondary N) is 1. The zero-order valence-corrected chi connectivity index (χ0v) is 10.6. The summed E-state index contributed by atoms with van der Waals surface area (Å²) in [5.41, 5.74) is 6.94. The lowest BCUT2D eigenvalue weighted by molar-refractivity contribution is 0.0921. The van der Waals surface area contributed by atoms with E-state index in [1.54, 1.807) is 23.0 Å². The van der Waals surface area contributed by atoms with Crippen molar-refractivity contribution in [1.29, 1.82) is 0 Å². The van der Waals surface area contributed by atoms with Gasteiger partial charge in [-0.25, -0.2) is 9.50 Å². The Labute approximate surface area is 111 Å². The Kier molecular flexibility index (Phi) is 3.16. The van der Waals surface area contributed by atoms with Gasteiger partial charge in [-0.05, 0) is 37.8 Å². The predicted molar refractivity (Wildman–Crippen MR) is 70.7 cm³/mol. The largest absolute Gasteiger partial charge is 0.348 e. The molecule has 2 aromatic heterocycles. The molecule has 6 heteroatoms. The van der Waals surface area contributed by atoms with Crippen molar-refractivity contribution >= 4 is 11.6 Å². The lowest BCUT2D eigenvalue weighted by Gasteiger charge is -2.26. The van der Waals surface area contributed by atoms with Crippen LogP contribution in [-0.2, 0) is 0 Å². The fourth-order valence-corrected chi connectivity index (χ4v) is 2.46. The number of carbonyl (C=O) groups excluding carboxylic acids is 1. The molecule has 0 bridgehead atoms. The van der Waals surface area contributed by atoms with Gasteiger partial charge in [-0.1, -0.05) is 0 Å². The normalized spacial score (nSPS) is 23.4. The van der Waals surface area contributed by atoms with Crippen molar-refractivity contribution in [2.45, 2.75) is 37.8 Å². The van der Waals surface area contributed by atoms with Gasteiger partial charge < -0.3 is 11.1 Å². The van der Waals surface area contributed by atoms with E-state index < -0.39 is 0 Å². The van der Waals surface area contributed by atoms with E-state index in [1.165, 1.54) is 0 Å². The Bertz CT molecular complexity index is 552. The van der Waals surface area contributed by atoms with Crippen LogP contribution in [0.25, 0.3) is 5.65 Å². The van der Waals surface area contributed by atoms with Crippen LogP contribution < -0.4 is 11.1 Å². The first-order chi connectivity index (χ1) is 9.22. The highest BCUT2D eigenvalue weighted by Crippen LogP contribution is 2.17. The first-order valence-electron chi connectivity index (χ1n) is 6.59. The monoisotopic (exact) mass is 259 g/mol. The van der Waals surface area contributed by atoms with Gasteiger partial charge in [0.05, 0.1) is 6.20 Å². The maximum absolute atomic E-state index is 12.1. The molecule has 1 aliphatic rings. The third-order valence-corrected chi connectivity index (χ3v) is 3.58. The molecule has 2 heterocycles. The third kappa shape index (κ3) is 2.58. The van der Waals surface area contributed by atoms with Gasteiger partial charge >= 0.3 is 0 Å². The number of nitrogens with two attached hydrogens (primary N) is 1. The van der Waals surface area contributed by atoms with Crippen molar-refractivity contribution < 1.29 is 4.79 Å². The molecule has 6 nitrogen and oxygen atoms in total. The zero-order valence-electron chi connectivity index (χ0n) is 10.6. The molecule has 0 aliphatic heterocycles. The van der Waals surface area contributed by atoms with E-state index in [0.29, 0.717) is 11.3 Å². The Hall–Kier alpha value is -1.95. The molecule has 1 saturated carbocycles. The van der Waals surface area contributed by atoms with Gasteiger partial charge in [0.15, 0.2) is 5.65 Å². The fraction of sp³-hybridized carbons (Fsp3) is 0.462. The van der Waals surface area contributed by atoms with Crippen LogP contribution in [0.1, 0.15) is 36.2 Å². The van der Waals surface area contributed by atoms with Gasteiger partial charge in [0.2, 0.25) is 0 Å². The van der Waals surface area contributed by atoms with Crippen LogP contribution in [0.2, 0.25) is 0 Å². The highest BCUT2D eigenvalue weighted by Gasteiger charge is 2.21. The minimum Gasteiger partial charge on any atom is -0.348 e. The summed E-state index contributed by atoms with van der Waals surface area (Å²) in [4.78, 5) is 16.4. The molecular weight excluding hydrogens is 242 g/mol. The number of fused-ring (bicyclic) bond motifs is 1. The van der Waals surface area contributed by atoms with Gasteiger partial charge in [-0.3, -0.25) is 4.79 Å². The van der Waals surface area contributed by atoms with Gasteiger partial charge in [0, 0.05) is 18.3 Å². The SMILES string of the molecule is NC1CCC(NC(=O)c2cn3ncccc3n2)CC1.